The molecule has 0 amide bonds. The van der Waals surface area contributed by atoms with Crippen LogP contribution in [0.25, 0.3) is 0 Å². The SMILES string of the molecule is CCCCCCCC(C)(CSCC(O)CO)C(=O)OCCOc1ccccc1.CCCCOC(=O)C(C)(C)CC.COC(=O)C(C)(C)CSCC(O)CO.COC(=O)C(C)(C)CSCC(O)CO.COC(=O)C(C)(C)CSCCCCCO.COCCCCCC(=O)OCC(CO)CO.COCCO. The number of hydrogen-bond acceptors (Lipinski definition) is 29. The van der Waals surface area contributed by atoms with Gasteiger partial charge in [0.2, 0.25) is 0 Å². The Bertz CT molecular complexity index is 2100. The van der Waals surface area contributed by atoms with Crippen molar-refractivity contribution in [3.05, 3.63) is 30.3 Å². The first kappa shape index (κ1) is 112. The minimum atomic E-state index is -0.755. The first-order valence-electron chi connectivity index (χ1n) is 36.2. The van der Waals surface area contributed by atoms with Gasteiger partial charge in [-0.2, -0.15) is 47.0 Å². The zero-order valence-corrected chi connectivity index (χ0v) is 69.9. The maximum Gasteiger partial charge on any atom is 0.312 e. The van der Waals surface area contributed by atoms with Crippen LogP contribution < -0.4 is 4.74 Å². The summed E-state index contributed by atoms with van der Waals surface area (Å²) in [7, 11) is 7.35. The predicted octanol–water partition coefficient (Wildman–Crippen LogP) is 9.42. The topological polar surface area (TPSA) is 388 Å². The molecule has 4 unspecified atom stereocenters. The van der Waals surface area contributed by atoms with Crippen LogP contribution in [0.5, 0.6) is 5.75 Å². The lowest BCUT2D eigenvalue weighted by Gasteiger charge is -2.27. The molecule has 0 aliphatic rings. The molecule has 25 nitrogen and oxygen atoms in total. The molecule has 0 aromatic heterocycles. The van der Waals surface area contributed by atoms with E-state index in [2.05, 4.69) is 28.1 Å². The molecular weight excluding hydrogens is 1430 g/mol. The molecule has 0 fully saturated rings. The van der Waals surface area contributed by atoms with Crippen molar-refractivity contribution in [2.75, 3.05) is 167 Å². The van der Waals surface area contributed by atoms with Gasteiger partial charge < -0.3 is 93.7 Å². The Labute approximate surface area is 642 Å². The van der Waals surface area contributed by atoms with E-state index in [1.165, 1.54) is 75.9 Å². The number of ether oxygens (including phenoxy) is 9. The van der Waals surface area contributed by atoms with Crippen LogP contribution in [0.4, 0.5) is 0 Å². The lowest BCUT2D eigenvalue weighted by Crippen LogP contribution is -2.34. The number of aliphatic hydroxyl groups excluding tert-OH is 10. The van der Waals surface area contributed by atoms with Gasteiger partial charge in [0.1, 0.15) is 19.0 Å². The molecule has 4 atom stereocenters. The monoisotopic (exact) mass is 1570 g/mol. The highest BCUT2D eigenvalue weighted by atomic mass is 32.2. The summed E-state index contributed by atoms with van der Waals surface area (Å²) in [6.07, 6.45) is 13.2. The molecule has 0 aliphatic heterocycles. The summed E-state index contributed by atoms with van der Waals surface area (Å²) < 4.78 is 44.4. The molecule has 104 heavy (non-hydrogen) atoms. The molecule has 0 spiro atoms. The lowest BCUT2D eigenvalue weighted by atomic mass is 9.86. The molecule has 0 heterocycles. The third kappa shape index (κ3) is 68.1. The zero-order valence-electron chi connectivity index (χ0n) is 66.6. The zero-order chi connectivity index (χ0) is 80.7. The van der Waals surface area contributed by atoms with Gasteiger partial charge in [0, 0.05) is 80.0 Å². The van der Waals surface area contributed by atoms with Crippen LogP contribution in [0.2, 0.25) is 0 Å². The van der Waals surface area contributed by atoms with Crippen LogP contribution >= 0.6 is 47.0 Å². The molecule has 0 radical (unpaired) electrons. The minimum Gasteiger partial charge on any atom is -0.490 e. The van der Waals surface area contributed by atoms with Gasteiger partial charge in [-0.25, -0.2) is 0 Å². The summed E-state index contributed by atoms with van der Waals surface area (Å²) in [6.45, 7) is 24.7. The average molecular weight is 1570 g/mol. The van der Waals surface area contributed by atoms with Crippen LogP contribution in [0.15, 0.2) is 30.3 Å². The fourth-order valence-electron chi connectivity index (χ4n) is 7.52. The lowest BCUT2D eigenvalue weighted by molar-refractivity contribution is -0.155. The Morgan fingerprint density at radius 1 is 0.413 bits per heavy atom. The number of carbonyl (C=O) groups excluding carboxylic acids is 6. The number of esters is 6. The van der Waals surface area contributed by atoms with E-state index >= 15 is 0 Å². The molecule has 1 aromatic rings. The molecule has 1 rings (SSSR count). The van der Waals surface area contributed by atoms with Crippen LogP contribution in [-0.2, 0) is 66.7 Å². The van der Waals surface area contributed by atoms with Crippen molar-refractivity contribution in [2.45, 2.75) is 204 Å². The average Bonchev–Trinajstić information content (AvgIpc) is 0.865. The number of para-hydroxylation sites is 1. The van der Waals surface area contributed by atoms with Gasteiger partial charge >= 0.3 is 35.8 Å². The molecule has 1 aromatic carbocycles. The summed E-state index contributed by atoms with van der Waals surface area (Å²) in [5.74, 6) is 3.96. The highest BCUT2D eigenvalue weighted by Gasteiger charge is 2.35. The fourth-order valence-corrected chi connectivity index (χ4v) is 12.2. The fraction of sp³-hybridized carbons (Fsp3) is 0.840. The Morgan fingerprint density at radius 3 is 1.27 bits per heavy atom. The number of thioether (sulfide) groups is 4. The van der Waals surface area contributed by atoms with Gasteiger partial charge in [0.25, 0.3) is 0 Å². The Balaban J connectivity index is -0.000000281. The van der Waals surface area contributed by atoms with Crippen LogP contribution in [0.3, 0.4) is 0 Å². The molecule has 0 saturated carbocycles. The van der Waals surface area contributed by atoms with Gasteiger partial charge in [-0.3, -0.25) is 28.8 Å². The number of benzene rings is 1. The van der Waals surface area contributed by atoms with Gasteiger partial charge in [-0.15, -0.1) is 0 Å². The van der Waals surface area contributed by atoms with Gasteiger partial charge in [-0.1, -0.05) is 90.3 Å². The normalized spacial score (nSPS) is 12.6. The van der Waals surface area contributed by atoms with Crippen molar-refractivity contribution in [2.24, 2.45) is 33.0 Å². The predicted molar refractivity (Wildman–Crippen MR) is 419 cm³/mol. The first-order valence-corrected chi connectivity index (χ1v) is 40.8. The van der Waals surface area contributed by atoms with Crippen LogP contribution in [-0.4, -0.2) is 273 Å². The number of unbranched alkanes of at least 4 members (excludes halogenated alkanes) is 9. The van der Waals surface area contributed by atoms with E-state index < -0.39 is 40.0 Å². The van der Waals surface area contributed by atoms with E-state index in [1.54, 1.807) is 53.7 Å². The Hall–Kier alpha value is -3.24. The maximum absolute atomic E-state index is 12.7. The highest BCUT2D eigenvalue weighted by molar-refractivity contribution is 8.00. The quantitative estimate of drug-likeness (QED) is 0.0165. The molecule has 0 aliphatic carbocycles. The van der Waals surface area contributed by atoms with Crippen molar-refractivity contribution in [1.29, 1.82) is 0 Å². The second-order valence-corrected chi connectivity index (χ2v) is 31.4. The molecule has 10 N–H and O–H groups in total. The second-order valence-electron chi connectivity index (χ2n) is 27.2. The highest BCUT2D eigenvalue weighted by Crippen LogP contribution is 2.32. The van der Waals surface area contributed by atoms with E-state index in [0.29, 0.717) is 67.4 Å². The number of rotatable bonds is 53. The summed E-state index contributed by atoms with van der Waals surface area (Å²) >= 11 is 6.11. The van der Waals surface area contributed by atoms with E-state index in [-0.39, 0.29) is 107 Å². The smallest absolute Gasteiger partial charge is 0.312 e. The summed E-state index contributed by atoms with van der Waals surface area (Å²) in [4.78, 5) is 69.1. The largest absolute Gasteiger partial charge is 0.490 e. The van der Waals surface area contributed by atoms with Crippen molar-refractivity contribution in [3.8, 4) is 5.75 Å². The molecule has 0 bridgehead atoms. The number of hydrogen-bond donors (Lipinski definition) is 10. The first-order chi connectivity index (χ1) is 49.1. The van der Waals surface area contributed by atoms with Gasteiger partial charge in [0.15, 0.2) is 0 Å². The summed E-state index contributed by atoms with van der Waals surface area (Å²) in [5, 5.41) is 87.8. The van der Waals surface area contributed by atoms with Crippen molar-refractivity contribution in [1.82, 2.24) is 0 Å². The van der Waals surface area contributed by atoms with E-state index in [4.69, 9.17) is 74.4 Å². The third-order valence-electron chi connectivity index (χ3n) is 14.9. The summed E-state index contributed by atoms with van der Waals surface area (Å²) in [6, 6.07) is 9.45. The number of methoxy groups -OCH3 is 5. The number of carbonyl (C=O) groups is 6. The molecule has 0 saturated heterocycles. The van der Waals surface area contributed by atoms with Gasteiger partial charge in [0.05, 0.1) is 126 Å². The summed E-state index contributed by atoms with van der Waals surface area (Å²) in [5.41, 5.74) is -2.40. The van der Waals surface area contributed by atoms with Crippen molar-refractivity contribution < 1.29 is 122 Å². The standard InChI is InChI=1S/C22H36O5S.C11H22O5.C11H22O3S.C10H20O2.2C9H18O4S.C3H8O2/c1-3-4-5-6-10-13-22(2,18-28-17-19(24)16-23)21(25)27-15-14-26-20-11-8-7-9-12-20;1-15-6-4-2-3-5-11(14)16-9-10(7-12)8-13;1-11(2,10(13)14-3)9-15-8-6-4-5-7-12;1-5-7-8-12-9(11)10(3,4)6-2;2*1-9(2,8(12)13-3)6-14-5-7(11)4-10;1-5-3-2-4/h7-9,11-12,19,23-24H,3-6,10,13-18H2,1-2H3;10,12-13H,2-9H2,1H3;12H,4-9H2,1-3H3;5-8H2,1-4H3;2*7,10-11H,4-6H2,1-3H3;4H,2-3H2,1H3. The second kappa shape index (κ2) is 73.9. The van der Waals surface area contributed by atoms with Crippen LogP contribution in [0.1, 0.15) is 186 Å². The molecular formula is C75H144O25S4. The van der Waals surface area contributed by atoms with Gasteiger partial charge in [-0.05, 0) is 125 Å². The van der Waals surface area contributed by atoms with Crippen LogP contribution in [0, 0.1) is 33.0 Å². The molecule has 29 heteroatoms. The van der Waals surface area contributed by atoms with E-state index in [1.807, 2.05) is 71.9 Å². The Kier molecular flexibility index (Phi) is 79.3. The van der Waals surface area contributed by atoms with E-state index in [0.717, 1.165) is 94.3 Å². The van der Waals surface area contributed by atoms with E-state index in [9.17, 15) is 33.9 Å². The van der Waals surface area contributed by atoms with Crippen molar-refractivity contribution >= 4 is 82.9 Å². The minimum absolute atomic E-state index is 0.0709. The van der Waals surface area contributed by atoms with Crippen molar-refractivity contribution in [3.63, 3.8) is 0 Å². The maximum atomic E-state index is 12.7. The third-order valence-corrected chi connectivity index (χ3v) is 20.9. The molecule has 618 valence electrons. The Morgan fingerprint density at radius 2 is 0.856 bits per heavy atom. The number of aliphatic hydroxyl groups is 10.